The molecule has 0 saturated carbocycles. The summed E-state index contributed by atoms with van der Waals surface area (Å²) >= 11 is 6.13. The average molecular weight is 228 g/mol. The molecule has 15 heavy (non-hydrogen) atoms. The van der Waals surface area contributed by atoms with Gasteiger partial charge in [0.2, 0.25) is 0 Å². The highest BCUT2D eigenvalue weighted by atomic mass is 35.5. The van der Waals surface area contributed by atoms with Crippen molar-refractivity contribution in [1.29, 1.82) is 0 Å². The van der Waals surface area contributed by atoms with E-state index in [2.05, 4.69) is 23.4 Å². The van der Waals surface area contributed by atoms with Crippen molar-refractivity contribution in [3.05, 3.63) is 16.7 Å². The van der Waals surface area contributed by atoms with Crippen molar-refractivity contribution in [2.75, 3.05) is 0 Å². The van der Waals surface area contributed by atoms with Crippen LogP contribution in [0.25, 0.3) is 0 Å². The number of halogens is 1. The van der Waals surface area contributed by atoms with E-state index in [1.165, 1.54) is 0 Å². The van der Waals surface area contributed by atoms with Gasteiger partial charge in [-0.2, -0.15) is 0 Å². The van der Waals surface area contributed by atoms with E-state index in [4.69, 9.17) is 17.3 Å². The SMILES string of the molecule is CC(C)Cc1nc(Cl)c2n1CCCC2N. The van der Waals surface area contributed by atoms with Gasteiger partial charge in [0, 0.05) is 19.0 Å². The quantitative estimate of drug-likeness (QED) is 0.844. The topological polar surface area (TPSA) is 43.8 Å². The third kappa shape index (κ3) is 2.04. The second kappa shape index (κ2) is 4.14. The molecule has 0 spiro atoms. The Labute approximate surface area is 95.6 Å². The highest BCUT2D eigenvalue weighted by Crippen LogP contribution is 2.30. The third-order valence-electron chi connectivity index (χ3n) is 2.88. The van der Waals surface area contributed by atoms with Crippen molar-refractivity contribution in [3.8, 4) is 0 Å². The molecule has 3 nitrogen and oxygen atoms in total. The molecule has 1 aliphatic rings. The summed E-state index contributed by atoms with van der Waals surface area (Å²) in [4.78, 5) is 4.43. The van der Waals surface area contributed by atoms with Crippen LogP contribution in [0.2, 0.25) is 5.15 Å². The second-order valence-electron chi connectivity index (χ2n) is 4.70. The molecule has 0 fully saturated rings. The Kier molecular flexibility index (Phi) is 3.03. The minimum Gasteiger partial charge on any atom is -0.329 e. The van der Waals surface area contributed by atoms with Gasteiger partial charge < -0.3 is 10.3 Å². The van der Waals surface area contributed by atoms with E-state index in [0.29, 0.717) is 11.1 Å². The van der Waals surface area contributed by atoms with Crippen LogP contribution < -0.4 is 5.73 Å². The first-order valence-electron chi connectivity index (χ1n) is 5.60. The van der Waals surface area contributed by atoms with E-state index >= 15 is 0 Å². The summed E-state index contributed by atoms with van der Waals surface area (Å²) in [7, 11) is 0. The van der Waals surface area contributed by atoms with Crippen LogP contribution >= 0.6 is 11.6 Å². The summed E-state index contributed by atoms with van der Waals surface area (Å²) in [6, 6.07) is 0.0691. The Morgan fingerprint density at radius 3 is 3.00 bits per heavy atom. The molecule has 2 N–H and O–H groups in total. The molecule has 0 bridgehead atoms. The van der Waals surface area contributed by atoms with E-state index in [0.717, 1.165) is 37.3 Å². The second-order valence-corrected chi connectivity index (χ2v) is 5.06. The number of nitrogens with zero attached hydrogens (tertiary/aromatic N) is 2. The minimum atomic E-state index is 0.0691. The van der Waals surface area contributed by atoms with Crippen LogP contribution in [0.4, 0.5) is 0 Å². The summed E-state index contributed by atoms with van der Waals surface area (Å²) in [5.41, 5.74) is 7.09. The molecule has 1 atom stereocenters. The van der Waals surface area contributed by atoms with Crippen LogP contribution in [0, 0.1) is 5.92 Å². The van der Waals surface area contributed by atoms with E-state index < -0.39 is 0 Å². The Morgan fingerprint density at radius 2 is 2.33 bits per heavy atom. The number of hydrogen-bond donors (Lipinski definition) is 1. The highest BCUT2D eigenvalue weighted by Gasteiger charge is 2.24. The molecular weight excluding hydrogens is 210 g/mol. The van der Waals surface area contributed by atoms with E-state index in [-0.39, 0.29) is 6.04 Å². The van der Waals surface area contributed by atoms with Gasteiger partial charge >= 0.3 is 0 Å². The van der Waals surface area contributed by atoms with Crippen LogP contribution in [0.1, 0.15) is 44.2 Å². The molecule has 2 rings (SSSR count). The Bertz CT molecular complexity index is 357. The monoisotopic (exact) mass is 227 g/mol. The predicted molar refractivity (Wildman–Crippen MR) is 61.9 cm³/mol. The van der Waals surface area contributed by atoms with Crippen molar-refractivity contribution in [2.24, 2.45) is 11.7 Å². The number of hydrogen-bond acceptors (Lipinski definition) is 2. The molecule has 0 amide bonds. The largest absolute Gasteiger partial charge is 0.329 e. The van der Waals surface area contributed by atoms with Gasteiger partial charge in [-0.1, -0.05) is 25.4 Å². The van der Waals surface area contributed by atoms with E-state index in [1.807, 2.05) is 0 Å². The Balaban J connectivity index is 2.37. The lowest BCUT2D eigenvalue weighted by Crippen LogP contribution is -2.23. The summed E-state index contributed by atoms with van der Waals surface area (Å²) in [6.45, 7) is 5.40. The molecule has 1 aliphatic heterocycles. The van der Waals surface area contributed by atoms with Gasteiger partial charge in [0.15, 0.2) is 5.15 Å². The van der Waals surface area contributed by atoms with Gasteiger partial charge in [0.1, 0.15) is 5.82 Å². The first kappa shape index (κ1) is 11.0. The first-order valence-corrected chi connectivity index (χ1v) is 5.97. The molecule has 1 aromatic heterocycles. The van der Waals surface area contributed by atoms with Crippen LogP contribution in [-0.2, 0) is 13.0 Å². The van der Waals surface area contributed by atoms with Crippen LogP contribution in [0.15, 0.2) is 0 Å². The summed E-state index contributed by atoms with van der Waals surface area (Å²) < 4.78 is 2.22. The first-order chi connectivity index (χ1) is 7.09. The zero-order chi connectivity index (χ0) is 11.0. The lowest BCUT2D eigenvalue weighted by molar-refractivity contribution is 0.444. The van der Waals surface area contributed by atoms with E-state index in [9.17, 15) is 0 Å². The fourth-order valence-corrected chi connectivity index (χ4v) is 2.55. The third-order valence-corrected chi connectivity index (χ3v) is 3.16. The maximum atomic E-state index is 6.13. The fraction of sp³-hybridized carbons (Fsp3) is 0.727. The molecule has 84 valence electrons. The molecule has 0 aliphatic carbocycles. The molecule has 4 heteroatoms. The highest BCUT2D eigenvalue weighted by molar-refractivity contribution is 6.30. The smallest absolute Gasteiger partial charge is 0.152 e. The number of aromatic nitrogens is 2. The van der Waals surface area contributed by atoms with Crippen molar-refractivity contribution in [2.45, 2.75) is 45.7 Å². The molecule has 1 aromatic rings. The van der Waals surface area contributed by atoms with Gasteiger partial charge in [0.25, 0.3) is 0 Å². The summed E-state index contributed by atoms with van der Waals surface area (Å²) in [5.74, 6) is 1.70. The van der Waals surface area contributed by atoms with Gasteiger partial charge in [-0.15, -0.1) is 0 Å². The van der Waals surface area contributed by atoms with Crippen LogP contribution in [0.5, 0.6) is 0 Å². The minimum absolute atomic E-state index is 0.0691. The molecule has 0 saturated heterocycles. The predicted octanol–water partition coefficient (Wildman–Crippen LogP) is 2.53. The Hall–Kier alpha value is -0.540. The van der Waals surface area contributed by atoms with Gasteiger partial charge in [-0.05, 0) is 18.8 Å². The van der Waals surface area contributed by atoms with Gasteiger partial charge in [-0.25, -0.2) is 4.98 Å². The van der Waals surface area contributed by atoms with E-state index in [1.54, 1.807) is 0 Å². The number of fused-ring (bicyclic) bond motifs is 1. The van der Waals surface area contributed by atoms with Gasteiger partial charge in [-0.3, -0.25) is 0 Å². The zero-order valence-corrected chi connectivity index (χ0v) is 10.1. The number of imidazole rings is 1. The summed E-state index contributed by atoms with van der Waals surface area (Å²) in [5, 5.41) is 0.609. The average Bonchev–Trinajstić information content (AvgIpc) is 2.44. The molecule has 2 heterocycles. The van der Waals surface area contributed by atoms with Crippen LogP contribution in [0.3, 0.4) is 0 Å². The van der Waals surface area contributed by atoms with Gasteiger partial charge in [0.05, 0.1) is 5.69 Å². The van der Waals surface area contributed by atoms with Crippen molar-refractivity contribution >= 4 is 11.6 Å². The molecule has 1 unspecified atom stereocenters. The fourth-order valence-electron chi connectivity index (χ4n) is 2.21. The lowest BCUT2D eigenvalue weighted by Gasteiger charge is -2.22. The standard InChI is InChI=1S/C11H18ClN3/c1-7(2)6-9-14-11(12)10-8(13)4-3-5-15(9)10/h7-8H,3-6,13H2,1-2H3. The van der Waals surface area contributed by atoms with Crippen molar-refractivity contribution in [3.63, 3.8) is 0 Å². The van der Waals surface area contributed by atoms with Crippen molar-refractivity contribution in [1.82, 2.24) is 9.55 Å². The zero-order valence-electron chi connectivity index (χ0n) is 9.33. The number of rotatable bonds is 2. The lowest BCUT2D eigenvalue weighted by atomic mass is 10.0. The molecule has 0 radical (unpaired) electrons. The summed E-state index contributed by atoms with van der Waals surface area (Å²) in [6.07, 6.45) is 3.13. The normalized spacial score (nSPS) is 20.7. The maximum absolute atomic E-state index is 6.13. The van der Waals surface area contributed by atoms with Crippen LogP contribution in [-0.4, -0.2) is 9.55 Å². The molecule has 0 aromatic carbocycles. The van der Waals surface area contributed by atoms with Crippen molar-refractivity contribution < 1.29 is 0 Å². The Morgan fingerprint density at radius 1 is 1.60 bits per heavy atom. The number of nitrogens with two attached hydrogens (primary N) is 1. The maximum Gasteiger partial charge on any atom is 0.152 e. The molecular formula is C11H18ClN3.